The standard InChI is InChI=1S/C54H38N2/c1-38-34-46(45-28-31-54-51(37-45)50-23-9-11-25-53(50)56(54)47-29-26-41(27-30-47)39-14-4-2-5-15-39)32-33-55(52-24-10-8-22-49(38)52)48-21-13-20-44(36-48)43-19-12-18-42(35-43)40-16-6-3-7-17-40/h2-37H,1H2/b33-32-,46-34+. The number of para-hydroxylation sites is 2. The molecule has 0 aliphatic carbocycles. The van der Waals surface area contributed by atoms with Crippen molar-refractivity contribution in [2.75, 3.05) is 4.90 Å². The SMILES string of the molecule is C=C1/C=C(c2ccc3c(c2)c2ccccc2n3-c2ccc(-c3ccccc3)cc2)\C=C/N(c2cccc(-c3cccc(-c4ccccc4)c3)c2)c2ccccc21. The van der Waals surface area contributed by atoms with E-state index >= 15 is 0 Å². The molecule has 0 saturated heterocycles. The molecule has 2 nitrogen and oxygen atoms in total. The zero-order chi connectivity index (χ0) is 37.4. The van der Waals surface area contributed by atoms with Crippen LogP contribution < -0.4 is 4.90 Å². The van der Waals surface area contributed by atoms with Gasteiger partial charge in [0.25, 0.3) is 0 Å². The zero-order valence-electron chi connectivity index (χ0n) is 30.9. The normalized spacial score (nSPS) is 14.2. The van der Waals surface area contributed by atoms with Crippen LogP contribution in [0.3, 0.4) is 0 Å². The van der Waals surface area contributed by atoms with Crippen molar-refractivity contribution in [1.29, 1.82) is 0 Å². The Bertz CT molecular complexity index is 2960. The van der Waals surface area contributed by atoms with Crippen molar-refractivity contribution in [3.63, 3.8) is 0 Å². The van der Waals surface area contributed by atoms with Gasteiger partial charge >= 0.3 is 0 Å². The maximum Gasteiger partial charge on any atom is 0.0541 e. The van der Waals surface area contributed by atoms with E-state index in [0.717, 1.165) is 39.3 Å². The first-order chi connectivity index (χ1) is 27.7. The van der Waals surface area contributed by atoms with Crippen LogP contribution in [0.4, 0.5) is 11.4 Å². The molecule has 0 saturated carbocycles. The summed E-state index contributed by atoms with van der Waals surface area (Å²) in [6, 6.07) is 71.8. The summed E-state index contributed by atoms with van der Waals surface area (Å²) >= 11 is 0. The van der Waals surface area contributed by atoms with E-state index in [1.165, 1.54) is 55.2 Å². The highest BCUT2D eigenvalue weighted by molar-refractivity contribution is 6.10. The first-order valence-corrected chi connectivity index (χ1v) is 19.1. The lowest BCUT2D eigenvalue weighted by Crippen LogP contribution is -2.12. The number of aromatic nitrogens is 1. The highest BCUT2D eigenvalue weighted by Gasteiger charge is 2.18. The molecule has 8 aromatic carbocycles. The van der Waals surface area contributed by atoms with E-state index in [9.17, 15) is 0 Å². The van der Waals surface area contributed by atoms with Crippen LogP contribution in [0.15, 0.2) is 225 Å². The van der Waals surface area contributed by atoms with Gasteiger partial charge in [0, 0.05) is 33.9 Å². The molecule has 56 heavy (non-hydrogen) atoms. The van der Waals surface area contributed by atoms with E-state index in [1.54, 1.807) is 0 Å². The Kier molecular flexibility index (Phi) is 8.35. The minimum atomic E-state index is 0.970. The van der Waals surface area contributed by atoms with Crippen LogP contribution in [0.25, 0.3) is 72.0 Å². The Morgan fingerprint density at radius 2 is 0.946 bits per heavy atom. The monoisotopic (exact) mass is 714 g/mol. The summed E-state index contributed by atoms with van der Waals surface area (Å²) in [4.78, 5) is 2.29. The Morgan fingerprint density at radius 3 is 1.73 bits per heavy atom. The van der Waals surface area contributed by atoms with Crippen LogP contribution in [-0.2, 0) is 0 Å². The quantitative estimate of drug-likeness (QED) is 0.166. The summed E-state index contributed by atoms with van der Waals surface area (Å²) in [5, 5.41) is 2.45. The van der Waals surface area contributed by atoms with Gasteiger partial charge in [-0.15, -0.1) is 0 Å². The minimum absolute atomic E-state index is 0.970. The van der Waals surface area contributed by atoms with Gasteiger partial charge in [-0.2, -0.15) is 0 Å². The molecular formula is C54H38N2. The smallest absolute Gasteiger partial charge is 0.0541 e. The molecule has 0 radical (unpaired) electrons. The van der Waals surface area contributed by atoms with E-state index < -0.39 is 0 Å². The number of hydrogen-bond donors (Lipinski definition) is 0. The number of rotatable bonds is 6. The summed E-state index contributed by atoms with van der Waals surface area (Å²) < 4.78 is 2.38. The van der Waals surface area contributed by atoms with Crippen LogP contribution in [0.2, 0.25) is 0 Å². The molecule has 1 aliphatic heterocycles. The molecule has 9 aromatic rings. The number of fused-ring (bicyclic) bond motifs is 4. The van der Waals surface area contributed by atoms with Crippen molar-refractivity contribution in [2.45, 2.75) is 0 Å². The number of benzene rings is 8. The van der Waals surface area contributed by atoms with Gasteiger partial charge in [-0.25, -0.2) is 0 Å². The predicted octanol–water partition coefficient (Wildman–Crippen LogP) is 14.5. The molecule has 1 aromatic heterocycles. The molecule has 0 fully saturated rings. The maximum atomic E-state index is 4.61. The number of allylic oxidation sites excluding steroid dienone is 4. The Balaban J connectivity index is 1.04. The lowest BCUT2D eigenvalue weighted by atomic mass is 9.95. The van der Waals surface area contributed by atoms with Gasteiger partial charge in [0.2, 0.25) is 0 Å². The molecule has 0 bridgehead atoms. The van der Waals surface area contributed by atoms with Crippen molar-refractivity contribution in [3.05, 3.63) is 236 Å². The minimum Gasteiger partial charge on any atom is -0.317 e. The molecule has 0 N–H and O–H groups in total. The number of nitrogens with zero attached hydrogens (tertiary/aromatic N) is 2. The summed E-state index contributed by atoms with van der Waals surface area (Å²) in [5.74, 6) is 0. The first-order valence-electron chi connectivity index (χ1n) is 19.1. The topological polar surface area (TPSA) is 8.17 Å². The van der Waals surface area contributed by atoms with Crippen molar-refractivity contribution < 1.29 is 0 Å². The van der Waals surface area contributed by atoms with Gasteiger partial charge in [0.1, 0.15) is 0 Å². The lowest BCUT2D eigenvalue weighted by Gasteiger charge is -2.26. The Morgan fingerprint density at radius 1 is 0.375 bits per heavy atom. The zero-order valence-corrected chi connectivity index (χ0v) is 30.9. The van der Waals surface area contributed by atoms with E-state index in [2.05, 4.69) is 235 Å². The van der Waals surface area contributed by atoms with Gasteiger partial charge in [0.15, 0.2) is 0 Å². The average Bonchev–Trinajstić information content (AvgIpc) is 3.60. The third-order valence-corrected chi connectivity index (χ3v) is 10.9. The van der Waals surface area contributed by atoms with Crippen LogP contribution in [0, 0.1) is 0 Å². The van der Waals surface area contributed by atoms with Crippen molar-refractivity contribution >= 4 is 44.3 Å². The molecule has 264 valence electrons. The predicted molar refractivity (Wildman–Crippen MR) is 238 cm³/mol. The van der Waals surface area contributed by atoms with Gasteiger partial charge in [-0.3, -0.25) is 0 Å². The lowest BCUT2D eigenvalue weighted by molar-refractivity contribution is 1.18. The molecule has 0 atom stereocenters. The van der Waals surface area contributed by atoms with Gasteiger partial charge in [-0.05, 0) is 117 Å². The number of anilines is 2. The third-order valence-electron chi connectivity index (χ3n) is 10.9. The van der Waals surface area contributed by atoms with E-state index in [-0.39, 0.29) is 0 Å². The Labute approximate surface area is 327 Å². The molecule has 0 unspecified atom stereocenters. The summed E-state index contributed by atoms with van der Waals surface area (Å²) in [7, 11) is 0. The second kappa shape index (κ2) is 14.1. The summed E-state index contributed by atoms with van der Waals surface area (Å²) in [5.41, 5.74) is 17.2. The van der Waals surface area contributed by atoms with Gasteiger partial charge < -0.3 is 9.47 Å². The van der Waals surface area contributed by atoms with Crippen LogP contribution in [-0.4, -0.2) is 4.57 Å². The van der Waals surface area contributed by atoms with Crippen LogP contribution >= 0.6 is 0 Å². The van der Waals surface area contributed by atoms with Crippen LogP contribution in [0.5, 0.6) is 0 Å². The summed E-state index contributed by atoms with van der Waals surface area (Å²) in [6.07, 6.45) is 6.66. The van der Waals surface area contributed by atoms with Gasteiger partial charge in [-0.1, -0.05) is 152 Å². The average molecular weight is 715 g/mol. The molecular weight excluding hydrogens is 677 g/mol. The fraction of sp³-hybridized carbons (Fsp3) is 0. The second-order valence-corrected chi connectivity index (χ2v) is 14.3. The molecule has 1 aliphatic rings. The fourth-order valence-electron chi connectivity index (χ4n) is 8.12. The molecule has 10 rings (SSSR count). The second-order valence-electron chi connectivity index (χ2n) is 14.3. The van der Waals surface area contributed by atoms with Crippen molar-refractivity contribution in [2.24, 2.45) is 0 Å². The van der Waals surface area contributed by atoms with Crippen LogP contribution in [0.1, 0.15) is 11.1 Å². The van der Waals surface area contributed by atoms with Crippen molar-refractivity contribution in [1.82, 2.24) is 4.57 Å². The highest BCUT2D eigenvalue weighted by Crippen LogP contribution is 2.40. The molecule has 2 heteroatoms. The first kappa shape index (κ1) is 33.2. The molecule has 0 amide bonds. The molecule has 0 spiro atoms. The molecule has 2 heterocycles. The summed E-state index contributed by atoms with van der Waals surface area (Å²) in [6.45, 7) is 4.61. The number of hydrogen-bond acceptors (Lipinski definition) is 1. The maximum absolute atomic E-state index is 4.61. The van der Waals surface area contributed by atoms with E-state index in [0.29, 0.717) is 0 Å². The third kappa shape index (κ3) is 6.04. The fourth-order valence-corrected chi connectivity index (χ4v) is 8.12. The largest absolute Gasteiger partial charge is 0.317 e. The Hall–Kier alpha value is -7.42. The van der Waals surface area contributed by atoms with Crippen molar-refractivity contribution in [3.8, 4) is 39.1 Å². The van der Waals surface area contributed by atoms with Gasteiger partial charge in [0.05, 0.1) is 16.7 Å². The highest BCUT2D eigenvalue weighted by atomic mass is 15.1. The van der Waals surface area contributed by atoms with E-state index in [4.69, 9.17) is 0 Å². The van der Waals surface area contributed by atoms with E-state index in [1.807, 2.05) is 0 Å².